The van der Waals surface area contributed by atoms with E-state index in [1.54, 1.807) is 0 Å². The lowest BCUT2D eigenvalue weighted by Gasteiger charge is -2.10. The second-order valence-electron chi connectivity index (χ2n) is 3.82. The predicted molar refractivity (Wildman–Crippen MR) is 68.4 cm³/mol. The highest BCUT2D eigenvalue weighted by Gasteiger charge is 2.04. The van der Waals surface area contributed by atoms with Crippen molar-refractivity contribution in [2.24, 2.45) is 5.73 Å². The van der Waals surface area contributed by atoms with Crippen molar-refractivity contribution in [2.75, 3.05) is 11.9 Å². The number of hydrogen-bond acceptors (Lipinski definition) is 3. The average Bonchev–Trinajstić information content (AvgIpc) is 2.35. The molecule has 16 heavy (non-hydrogen) atoms. The summed E-state index contributed by atoms with van der Waals surface area (Å²) in [5.41, 5.74) is 7.82. The molecule has 3 heteroatoms. The smallest absolute Gasteiger partial charge is 0.131 e. The summed E-state index contributed by atoms with van der Waals surface area (Å²) >= 11 is 0. The van der Waals surface area contributed by atoms with E-state index in [0.29, 0.717) is 6.54 Å². The maximum Gasteiger partial charge on any atom is 0.131 e. The van der Waals surface area contributed by atoms with Crippen molar-refractivity contribution < 1.29 is 0 Å². The molecule has 1 aromatic heterocycles. The van der Waals surface area contributed by atoms with Crippen LogP contribution in [-0.2, 0) is 6.54 Å². The molecule has 2 rings (SSSR count). The van der Waals surface area contributed by atoms with Crippen LogP contribution in [0.15, 0.2) is 30.3 Å². The topological polar surface area (TPSA) is 50.9 Å². The molecule has 84 valence electrons. The third kappa shape index (κ3) is 2.14. The Bertz CT molecular complexity index is 480. The van der Waals surface area contributed by atoms with Crippen LogP contribution < -0.4 is 11.1 Å². The molecule has 0 radical (unpaired) electrons. The van der Waals surface area contributed by atoms with E-state index in [-0.39, 0.29) is 0 Å². The van der Waals surface area contributed by atoms with Crippen LogP contribution >= 0.6 is 0 Å². The molecule has 0 fully saturated rings. The number of aromatic nitrogens is 1. The zero-order valence-electron chi connectivity index (χ0n) is 9.53. The number of nitrogens with zero attached hydrogens (tertiary/aromatic N) is 1. The van der Waals surface area contributed by atoms with E-state index in [1.165, 1.54) is 0 Å². The van der Waals surface area contributed by atoms with Crippen LogP contribution in [0.25, 0.3) is 10.9 Å². The van der Waals surface area contributed by atoms with Crippen molar-refractivity contribution in [1.82, 2.24) is 4.98 Å². The van der Waals surface area contributed by atoms with Crippen molar-refractivity contribution >= 4 is 16.7 Å². The summed E-state index contributed by atoms with van der Waals surface area (Å²) in [6, 6.07) is 10.2. The average molecular weight is 215 g/mol. The molecule has 0 saturated heterocycles. The van der Waals surface area contributed by atoms with E-state index in [9.17, 15) is 0 Å². The molecule has 1 aromatic carbocycles. The highest BCUT2D eigenvalue weighted by atomic mass is 15.0. The van der Waals surface area contributed by atoms with E-state index < -0.39 is 0 Å². The SMILES string of the molecule is CCCNc1nc2ccccc2cc1CN. The largest absolute Gasteiger partial charge is 0.370 e. The summed E-state index contributed by atoms with van der Waals surface area (Å²) in [7, 11) is 0. The van der Waals surface area contributed by atoms with Gasteiger partial charge in [0.2, 0.25) is 0 Å². The normalized spacial score (nSPS) is 10.6. The lowest BCUT2D eigenvalue weighted by atomic mass is 10.1. The van der Waals surface area contributed by atoms with Gasteiger partial charge in [-0.3, -0.25) is 0 Å². The number of hydrogen-bond donors (Lipinski definition) is 2. The van der Waals surface area contributed by atoms with Crippen molar-refractivity contribution in [3.8, 4) is 0 Å². The number of rotatable bonds is 4. The molecule has 0 aliphatic carbocycles. The minimum Gasteiger partial charge on any atom is -0.370 e. The highest BCUT2D eigenvalue weighted by molar-refractivity contribution is 5.81. The molecule has 3 N–H and O–H groups in total. The number of benzene rings is 1. The summed E-state index contributed by atoms with van der Waals surface area (Å²) in [4.78, 5) is 4.59. The second-order valence-corrected chi connectivity index (χ2v) is 3.82. The third-order valence-corrected chi connectivity index (χ3v) is 2.57. The molecule has 3 nitrogen and oxygen atoms in total. The number of anilines is 1. The predicted octanol–water partition coefficient (Wildman–Crippen LogP) is 2.52. The van der Waals surface area contributed by atoms with Crippen LogP contribution in [0.4, 0.5) is 5.82 Å². The zero-order valence-corrected chi connectivity index (χ0v) is 9.53. The Morgan fingerprint density at radius 3 is 2.88 bits per heavy atom. The van der Waals surface area contributed by atoms with E-state index in [4.69, 9.17) is 5.73 Å². The standard InChI is InChI=1S/C13H17N3/c1-2-7-15-13-11(9-14)8-10-5-3-4-6-12(10)16-13/h3-6,8H,2,7,9,14H2,1H3,(H,15,16). The maximum absolute atomic E-state index is 5.73. The summed E-state index contributed by atoms with van der Waals surface area (Å²) in [5, 5.41) is 4.46. The molecule has 0 spiro atoms. The summed E-state index contributed by atoms with van der Waals surface area (Å²) < 4.78 is 0. The van der Waals surface area contributed by atoms with Crippen molar-refractivity contribution in [3.05, 3.63) is 35.9 Å². The Morgan fingerprint density at radius 1 is 1.31 bits per heavy atom. The van der Waals surface area contributed by atoms with Crippen LogP contribution in [-0.4, -0.2) is 11.5 Å². The van der Waals surface area contributed by atoms with E-state index in [2.05, 4.69) is 29.4 Å². The first-order valence-corrected chi connectivity index (χ1v) is 5.67. The van der Waals surface area contributed by atoms with Gasteiger partial charge in [-0.2, -0.15) is 0 Å². The molecule has 0 amide bonds. The Morgan fingerprint density at radius 2 is 2.12 bits per heavy atom. The quantitative estimate of drug-likeness (QED) is 0.824. The van der Waals surface area contributed by atoms with Gasteiger partial charge < -0.3 is 11.1 Å². The van der Waals surface area contributed by atoms with E-state index in [0.717, 1.165) is 35.2 Å². The van der Waals surface area contributed by atoms with Crippen LogP contribution in [0, 0.1) is 0 Å². The van der Waals surface area contributed by atoms with E-state index in [1.807, 2.05) is 18.2 Å². The molecule has 0 bridgehead atoms. The number of nitrogens with two attached hydrogens (primary N) is 1. The lowest BCUT2D eigenvalue weighted by Crippen LogP contribution is -2.08. The molecule has 0 saturated carbocycles. The van der Waals surface area contributed by atoms with E-state index >= 15 is 0 Å². The number of para-hydroxylation sites is 1. The lowest BCUT2D eigenvalue weighted by molar-refractivity contribution is 0.957. The second kappa shape index (κ2) is 4.94. The summed E-state index contributed by atoms with van der Waals surface area (Å²) in [6.07, 6.45) is 1.08. The molecular formula is C13H17N3. The van der Waals surface area contributed by atoms with Gasteiger partial charge in [0.15, 0.2) is 0 Å². The van der Waals surface area contributed by atoms with Crippen LogP contribution in [0.5, 0.6) is 0 Å². The number of pyridine rings is 1. The Hall–Kier alpha value is -1.61. The van der Waals surface area contributed by atoms with Gasteiger partial charge >= 0.3 is 0 Å². The highest BCUT2D eigenvalue weighted by Crippen LogP contribution is 2.19. The molecule has 0 atom stereocenters. The molecule has 0 unspecified atom stereocenters. The Balaban J connectivity index is 2.45. The van der Waals surface area contributed by atoms with Crippen molar-refractivity contribution in [2.45, 2.75) is 19.9 Å². The first kappa shape index (κ1) is 10.9. The minimum absolute atomic E-state index is 0.518. The van der Waals surface area contributed by atoms with Gasteiger partial charge in [0.05, 0.1) is 5.52 Å². The molecule has 0 aliphatic rings. The van der Waals surface area contributed by atoms with Gasteiger partial charge in [0.25, 0.3) is 0 Å². The van der Waals surface area contributed by atoms with Gasteiger partial charge in [0.1, 0.15) is 5.82 Å². The van der Waals surface area contributed by atoms with Crippen molar-refractivity contribution in [3.63, 3.8) is 0 Å². The molecule has 1 heterocycles. The molecular weight excluding hydrogens is 198 g/mol. The van der Waals surface area contributed by atoms with Gasteiger partial charge in [-0.05, 0) is 18.6 Å². The van der Waals surface area contributed by atoms with Crippen LogP contribution in [0.2, 0.25) is 0 Å². The van der Waals surface area contributed by atoms with Crippen molar-refractivity contribution in [1.29, 1.82) is 0 Å². The Kier molecular flexibility index (Phi) is 3.37. The fraction of sp³-hybridized carbons (Fsp3) is 0.308. The summed E-state index contributed by atoms with van der Waals surface area (Å²) in [6.45, 7) is 3.58. The fourth-order valence-corrected chi connectivity index (χ4v) is 1.71. The van der Waals surface area contributed by atoms with Crippen LogP contribution in [0.1, 0.15) is 18.9 Å². The number of fused-ring (bicyclic) bond motifs is 1. The molecule has 0 aliphatic heterocycles. The zero-order chi connectivity index (χ0) is 11.4. The summed E-state index contributed by atoms with van der Waals surface area (Å²) in [5.74, 6) is 0.919. The fourth-order valence-electron chi connectivity index (χ4n) is 1.71. The monoisotopic (exact) mass is 215 g/mol. The van der Waals surface area contributed by atoms with Gasteiger partial charge in [-0.15, -0.1) is 0 Å². The first-order valence-electron chi connectivity index (χ1n) is 5.67. The number of nitrogens with one attached hydrogen (secondary N) is 1. The Labute approximate surface area is 95.7 Å². The first-order chi connectivity index (χ1) is 7.85. The van der Waals surface area contributed by atoms with Gasteiger partial charge in [-0.1, -0.05) is 25.1 Å². The van der Waals surface area contributed by atoms with Gasteiger partial charge in [-0.25, -0.2) is 4.98 Å². The van der Waals surface area contributed by atoms with Gasteiger partial charge in [0, 0.05) is 24.0 Å². The van der Waals surface area contributed by atoms with Crippen LogP contribution in [0.3, 0.4) is 0 Å². The molecule has 2 aromatic rings. The maximum atomic E-state index is 5.73. The minimum atomic E-state index is 0.518. The third-order valence-electron chi connectivity index (χ3n) is 2.57.